The molecule has 0 bridgehead atoms. The van der Waals surface area contributed by atoms with Crippen LogP contribution in [0.4, 0.5) is 5.69 Å². The van der Waals surface area contributed by atoms with Crippen LogP contribution in [0.1, 0.15) is 18.9 Å². The van der Waals surface area contributed by atoms with Gasteiger partial charge in [-0.1, -0.05) is 4.89 Å². The van der Waals surface area contributed by atoms with Crippen LogP contribution < -0.4 is 9.79 Å². The molecule has 0 atom stereocenters. The molecule has 1 heterocycles. The normalized spacial score (nSPS) is 15.3. The van der Waals surface area contributed by atoms with Gasteiger partial charge in [-0.15, -0.1) is 0 Å². The summed E-state index contributed by atoms with van der Waals surface area (Å²) in [5, 5.41) is 8.59. The zero-order valence-corrected chi connectivity index (χ0v) is 10.7. The standard InChI is InChI=1S/C11H14N2O4S/c1-8(14)13-6-2-3-9-7-10(4-5-11(9)13)18(16,17)12-15/h4-5,7,12,15H,2-3,6H2,1H3. The lowest BCUT2D eigenvalue weighted by molar-refractivity contribution is -0.116. The highest BCUT2D eigenvalue weighted by Crippen LogP contribution is 2.29. The second-order valence-corrected chi connectivity index (χ2v) is 5.82. The smallest absolute Gasteiger partial charge is 0.262 e. The molecule has 1 aliphatic heterocycles. The summed E-state index contributed by atoms with van der Waals surface area (Å²) in [4.78, 5) is 14.4. The molecular formula is C11H14N2O4S. The average Bonchev–Trinajstić information content (AvgIpc) is 2.37. The van der Waals surface area contributed by atoms with Crippen LogP contribution in [0.15, 0.2) is 23.1 Å². The van der Waals surface area contributed by atoms with Crippen molar-refractivity contribution in [2.45, 2.75) is 24.7 Å². The van der Waals surface area contributed by atoms with Crippen LogP contribution in [0, 0.1) is 0 Å². The topological polar surface area (TPSA) is 86.7 Å². The molecule has 0 radical (unpaired) electrons. The number of benzene rings is 1. The number of carbonyl (C=O) groups is 1. The van der Waals surface area contributed by atoms with Gasteiger partial charge in [-0.2, -0.15) is 0 Å². The predicted octanol–water partition coefficient (Wildman–Crippen LogP) is 0.653. The van der Waals surface area contributed by atoms with Crippen molar-refractivity contribution in [1.29, 1.82) is 0 Å². The Morgan fingerprint density at radius 1 is 1.44 bits per heavy atom. The molecule has 0 spiro atoms. The summed E-state index contributed by atoms with van der Waals surface area (Å²) in [6.45, 7) is 2.13. The summed E-state index contributed by atoms with van der Waals surface area (Å²) in [6, 6.07) is 4.46. The van der Waals surface area contributed by atoms with E-state index in [4.69, 9.17) is 5.21 Å². The highest BCUT2D eigenvalue weighted by Gasteiger charge is 2.22. The maximum atomic E-state index is 11.5. The first kappa shape index (κ1) is 13.0. The van der Waals surface area contributed by atoms with E-state index in [9.17, 15) is 13.2 Å². The molecule has 1 aromatic rings. The maximum absolute atomic E-state index is 11.5. The first-order valence-corrected chi connectivity index (χ1v) is 7.01. The Morgan fingerprint density at radius 2 is 2.17 bits per heavy atom. The number of amides is 1. The Kier molecular flexibility index (Phi) is 3.38. The Morgan fingerprint density at radius 3 is 2.78 bits per heavy atom. The lowest BCUT2D eigenvalue weighted by Crippen LogP contribution is -2.33. The molecule has 0 saturated heterocycles. The molecule has 6 nitrogen and oxygen atoms in total. The second kappa shape index (κ2) is 4.68. The molecule has 7 heteroatoms. The van der Waals surface area contributed by atoms with E-state index in [0.29, 0.717) is 13.0 Å². The zero-order valence-electron chi connectivity index (χ0n) is 9.88. The highest BCUT2D eigenvalue weighted by atomic mass is 32.2. The molecule has 2 N–H and O–H groups in total. The van der Waals surface area contributed by atoms with E-state index < -0.39 is 10.0 Å². The fourth-order valence-electron chi connectivity index (χ4n) is 2.12. The molecule has 0 aromatic heterocycles. The number of hydrogen-bond donors (Lipinski definition) is 2. The number of sulfonamides is 1. The molecule has 18 heavy (non-hydrogen) atoms. The largest absolute Gasteiger partial charge is 0.312 e. The quantitative estimate of drug-likeness (QED) is 0.773. The van der Waals surface area contributed by atoms with Crippen molar-refractivity contribution < 1.29 is 18.4 Å². The van der Waals surface area contributed by atoms with Crippen LogP contribution >= 0.6 is 0 Å². The minimum Gasteiger partial charge on any atom is -0.312 e. The van der Waals surface area contributed by atoms with Gasteiger partial charge in [0.2, 0.25) is 5.91 Å². The second-order valence-electron chi connectivity index (χ2n) is 4.16. The van der Waals surface area contributed by atoms with E-state index in [2.05, 4.69) is 0 Å². The summed E-state index contributed by atoms with van der Waals surface area (Å²) in [6.07, 6.45) is 1.51. The van der Waals surface area contributed by atoms with Crippen molar-refractivity contribution >= 4 is 21.6 Å². The number of hydrogen-bond acceptors (Lipinski definition) is 4. The summed E-state index contributed by atoms with van der Waals surface area (Å²) in [5.74, 6) is -0.0631. The number of fused-ring (bicyclic) bond motifs is 1. The Labute approximate surface area is 105 Å². The number of rotatable bonds is 2. The Bertz CT molecular complexity index is 583. The monoisotopic (exact) mass is 270 g/mol. The lowest BCUT2D eigenvalue weighted by atomic mass is 10.0. The molecular weight excluding hydrogens is 256 g/mol. The SMILES string of the molecule is CC(=O)N1CCCc2cc(S(=O)(=O)NO)ccc21. The van der Waals surface area contributed by atoms with E-state index in [1.807, 2.05) is 0 Å². The number of anilines is 1. The van der Waals surface area contributed by atoms with Gasteiger partial charge in [0.15, 0.2) is 0 Å². The van der Waals surface area contributed by atoms with Crippen LogP contribution in [0.2, 0.25) is 0 Å². The van der Waals surface area contributed by atoms with Crippen LogP contribution in [-0.2, 0) is 21.2 Å². The summed E-state index contributed by atoms with van der Waals surface area (Å²) in [7, 11) is -3.87. The summed E-state index contributed by atoms with van der Waals surface area (Å²) in [5.41, 5.74) is 1.54. The molecule has 0 unspecified atom stereocenters. The third kappa shape index (κ3) is 2.24. The first-order valence-electron chi connectivity index (χ1n) is 5.52. The number of nitrogens with zero attached hydrogens (tertiary/aromatic N) is 1. The van der Waals surface area contributed by atoms with E-state index in [1.165, 1.54) is 23.9 Å². The van der Waals surface area contributed by atoms with E-state index in [0.717, 1.165) is 17.7 Å². The van der Waals surface area contributed by atoms with Crippen LogP contribution in [0.25, 0.3) is 0 Å². The van der Waals surface area contributed by atoms with Crippen LogP contribution in [-0.4, -0.2) is 26.1 Å². The van der Waals surface area contributed by atoms with Gasteiger partial charge in [-0.05, 0) is 36.6 Å². The summed E-state index contributed by atoms with van der Waals surface area (Å²) >= 11 is 0. The van der Waals surface area contributed by atoms with E-state index >= 15 is 0 Å². The van der Waals surface area contributed by atoms with E-state index in [1.54, 1.807) is 11.0 Å². The van der Waals surface area contributed by atoms with Gasteiger partial charge in [-0.3, -0.25) is 4.79 Å². The number of carbonyl (C=O) groups excluding carboxylic acids is 1. The van der Waals surface area contributed by atoms with Crippen LogP contribution in [0.5, 0.6) is 0 Å². The van der Waals surface area contributed by atoms with Gasteiger partial charge < -0.3 is 10.1 Å². The summed E-state index contributed by atoms with van der Waals surface area (Å²) < 4.78 is 22.9. The number of aryl methyl sites for hydroxylation is 1. The van der Waals surface area contributed by atoms with E-state index in [-0.39, 0.29) is 10.8 Å². The predicted molar refractivity (Wildman–Crippen MR) is 64.9 cm³/mol. The van der Waals surface area contributed by atoms with Crippen molar-refractivity contribution in [2.24, 2.45) is 0 Å². The molecule has 0 aliphatic carbocycles. The number of nitrogens with one attached hydrogen (secondary N) is 1. The minimum atomic E-state index is -3.87. The molecule has 98 valence electrons. The van der Waals surface area contributed by atoms with Gasteiger partial charge in [0, 0.05) is 19.2 Å². The van der Waals surface area contributed by atoms with Crippen molar-refractivity contribution in [3.05, 3.63) is 23.8 Å². The average molecular weight is 270 g/mol. The molecule has 0 saturated carbocycles. The fourth-order valence-corrected chi connectivity index (χ4v) is 2.77. The van der Waals surface area contributed by atoms with Gasteiger partial charge >= 0.3 is 0 Å². The Balaban J connectivity index is 2.48. The first-order chi connectivity index (χ1) is 8.45. The molecule has 1 amide bonds. The lowest BCUT2D eigenvalue weighted by Gasteiger charge is -2.28. The van der Waals surface area contributed by atoms with Crippen LogP contribution in [0.3, 0.4) is 0 Å². The molecule has 0 fully saturated rings. The third-order valence-electron chi connectivity index (χ3n) is 2.98. The molecule has 2 rings (SSSR count). The Hall–Kier alpha value is -1.44. The van der Waals surface area contributed by atoms with Crippen molar-refractivity contribution in [1.82, 2.24) is 4.89 Å². The maximum Gasteiger partial charge on any atom is 0.262 e. The van der Waals surface area contributed by atoms with Gasteiger partial charge in [0.25, 0.3) is 10.0 Å². The zero-order chi connectivity index (χ0) is 13.3. The fraction of sp³-hybridized carbons (Fsp3) is 0.364. The van der Waals surface area contributed by atoms with Crippen molar-refractivity contribution in [3.8, 4) is 0 Å². The van der Waals surface area contributed by atoms with Crippen molar-refractivity contribution in [2.75, 3.05) is 11.4 Å². The van der Waals surface area contributed by atoms with Gasteiger partial charge in [0.1, 0.15) is 0 Å². The highest BCUT2D eigenvalue weighted by molar-refractivity contribution is 7.89. The molecule has 1 aromatic carbocycles. The van der Waals surface area contributed by atoms with Crippen molar-refractivity contribution in [3.63, 3.8) is 0 Å². The third-order valence-corrected chi connectivity index (χ3v) is 4.10. The van der Waals surface area contributed by atoms with Gasteiger partial charge in [0.05, 0.1) is 4.90 Å². The molecule has 1 aliphatic rings. The van der Waals surface area contributed by atoms with Gasteiger partial charge in [-0.25, -0.2) is 8.42 Å². The minimum absolute atomic E-state index is 0.00541.